The number of rotatable bonds is 4. The van der Waals surface area contributed by atoms with Crippen LogP contribution in [0.4, 0.5) is 0 Å². The van der Waals surface area contributed by atoms with Gasteiger partial charge in [-0.1, -0.05) is 11.8 Å². The number of nitrogens with one attached hydrogen (secondary N) is 1. The van der Waals surface area contributed by atoms with Gasteiger partial charge in [-0.25, -0.2) is 0 Å². The molecule has 1 amide bonds. The fourth-order valence-electron chi connectivity index (χ4n) is 1.41. The highest BCUT2D eigenvalue weighted by molar-refractivity contribution is 5.82. The smallest absolute Gasteiger partial charge is 0.216 e. The first-order valence-electron chi connectivity index (χ1n) is 5.68. The van der Waals surface area contributed by atoms with Gasteiger partial charge in [0.25, 0.3) is 0 Å². The Kier molecular flexibility index (Phi) is 5.42. The van der Waals surface area contributed by atoms with Crippen molar-refractivity contribution in [1.29, 1.82) is 0 Å². The summed E-state index contributed by atoms with van der Waals surface area (Å²) in [4.78, 5) is 21.4. The molecular formula is C14H15NO4. The van der Waals surface area contributed by atoms with Crippen molar-refractivity contribution < 1.29 is 19.4 Å². The molecule has 1 rings (SSSR count). The van der Waals surface area contributed by atoms with Gasteiger partial charge in [0.1, 0.15) is 0 Å². The predicted molar refractivity (Wildman–Crippen MR) is 70.2 cm³/mol. The van der Waals surface area contributed by atoms with Crippen LogP contribution < -0.4 is 10.1 Å². The van der Waals surface area contributed by atoms with Gasteiger partial charge in [-0.05, 0) is 12.1 Å². The fourth-order valence-corrected chi connectivity index (χ4v) is 1.41. The van der Waals surface area contributed by atoms with E-state index in [9.17, 15) is 14.7 Å². The van der Waals surface area contributed by atoms with Crippen LogP contribution in [0.2, 0.25) is 0 Å². The van der Waals surface area contributed by atoms with Gasteiger partial charge in [0, 0.05) is 25.5 Å². The third kappa shape index (κ3) is 4.36. The van der Waals surface area contributed by atoms with E-state index in [0.717, 1.165) is 0 Å². The molecular weight excluding hydrogens is 246 g/mol. The summed E-state index contributed by atoms with van der Waals surface area (Å²) in [6, 6.07) is 3.03. The number of hydrogen-bond acceptors (Lipinski definition) is 4. The summed E-state index contributed by atoms with van der Waals surface area (Å²) in [6.07, 6.45) is 1.04. The van der Waals surface area contributed by atoms with Crippen LogP contribution in [-0.2, 0) is 4.79 Å². The lowest BCUT2D eigenvalue weighted by Crippen LogP contribution is -2.20. The molecule has 5 nitrogen and oxygen atoms in total. The van der Waals surface area contributed by atoms with E-state index in [1.807, 2.05) is 0 Å². The fraction of sp³-hybridized carbons (Fsp3) is 0.286. The van der Waals surface area contributed by atoms with Crippen LogP contribution in [-0.4, -0.2) is 31.0 Å². The zero-order chi connectivity index (χ0) is 14.3. The summed E-state index contributed by atoms with van der Waals surface area (Å²) in [7, 11) is 1.40. The lowest BCUT2D eigenvalue weighted by atomic mass is 10.1. The van der Waals surface area contributed by atoms with E-state index in [2.05, 4.69) is 17.2 Å². The highest BCUT2D eigenvalue weighted by atomic mass is 16.5. The third-order valence-corrected chi connectivity index (χ3v) is 2.31. The van der Waals surface area contributed by atoms with E-state index in [-0.39, 0.29) is 23.0 Å². The average Bonchev–Trinajstić information content (AvgIpc) is 2.39. The molecule has 0 heterocycles. The van der Waals surface area contributed by atoms with Crippen LogP contribution in [0.25, 0.3) is 0 Å². The van der Waals surface area contributed by atoms with Gasteiger partial charge < -0.3 is 15.2 Å². The van der Waals surface area contributed by atoms with Crippen LogP contribution in [0.15, 0.2) is 12.1 Å². The Morgan fingerprint density at radius 3 is 2.84 bits per heavy atom. The molecule has 2 N–H and O–H groups in total. The average molecular weight is 261 g/mol. The van der Waals surface area contributed by atoms with Crippen molar-refractivity contribution in [3.05, 3.63) is 23.3 Å². The predicted octanol–water partition coefficient (Wildman–Crippen LogP) is 1.09. The number of phenolic OH excluding ortho intramolecular Hbond substituents is 1. The molecule has 0 saturated carbocycles. The number of aromatic hydroxyl groups is 1. The number of carbonyl (C=O) groups is 2. The van der Waals surface area contributed by atoms with Crippen LogP contribution in [0.5, 0.6) is 11.5 Å². The first kappa shape index (κ1) is 14.6. The van der Waals surface area contributed by atoms with E-state index in [0.29, 0.717) is 24.8 Å². The Hall–Kier alpha value is -2.48. The SMILES string of the molecule is COc1cc(C#CCCNC(C)=O)cc(C=O)c1O. The van der Waals surface area contributed by atoms with Crippen molar-refractivity contribution >= 4 is 12.2 Å². The molecule has 0 unspecified atom stereocenters. The zero-order valence-corrected chi connectivity index (χ0v) is 10.8. The Labute approximate surface area is 111 Å². The molecule has 0 radical (unpaired) electrons. The Balaban J connectivity index is 2.81. The van der Waals surface area contributed by atoms with Gasteiger partial charge in [0.15, 0.2) is 17.8 Å². The molecule has 0 aliphatic heterocycles. The Morgan fingerprint density at radius 2 is 2.26 bits per heavy atom. The molecule has 0 atom stereocenters. The minimum atomic E-state index is -0.193. The van der Waals surface area contributed by atoms with E-state index < -0.39 is 0 Å². The molecule has 0 spiro atoms. The van der Waals surface area contributed by atoms with Crippen molar-refractivity contribution in [2.45, 2.75) is 13.3 Å². The molecule has 1 aromatic carbocycles. The maximum absolute atomic E-state index is 10.8. The van der Waals surface area contributed by atoms with Crippen LogP contribution in [0.1, 0.15) is 29.3 Å². The molecule has 1 aromatic rings. The van der Waals surface area contributed by atoms with Gasteiger partial charge in [0.05, 0.1) is 12.7 Å². The maximum Gasteiger partial charge on any atom is 0.216 e. The van der Waals surface area contributed by atoms with Crippen molar-refractivity contribution in [2.75, 3.05) is 13.7 Å². The molecule has 0 aromatic heterocycles. The second kappa shape index (κ2) is 7.07. The molecule has 0 aliphatic carbocycles. The first-order valence-corrected chi connectivity index (χ1v) is 5.68. The number of amides is 1. The molecule has 0 aliphatic rings. The summed E-state index contributed by atoms with van der Waals surface area (Å²) in [5, 5.41) is 12.3. The molecule has 19 heavy (non-hydrogen) atoms. The second-order valence-electron chi connectivity index (χ2n) is 3.77. The van der Waals surface area contributed by atoms with Gasteiger partial charge >= 0.3 is 0 Å². The maximum atomic E-state index is 10.8. The molecule has 0 saturated heterocycles. The number of benzene rings is 1. The number of phenols is 1. The largest absolute Gasteiger partial charge is 0.504 e. The van der Waals surface area contributed by atoms with E-state index in [1.165, 1.54) is 20.1 Å². The summed E-state index contributed by atoms with van der Waals surface area (Å²) in [5.41, 5.74) is 0.699. The normalized spacial score (nSPS) is 9.16. The highest BCUT2D eigenvalue weighted by Gasteiger charge is 2.08. The first-order chi connectivity index (χ1) is 9.08. The number of ether oxygens (including phenoxy) is 1. The van der Waals surface area contributed by atoms with Crippen LogP contribution in [0, 0.1) is 11.8 Å². The van der Waals surface area contributed by atoms with Crippen LogP contribution >= 0.6 is 0 Å². The Morgan fingerprint density at radius 1 is 1.53 bits per heavy atom. The zero-order valence-electron chi connectivity index (χ0n) is 10.8. The lowest BCUT2D eigenvalue weighted by Gasteiger charge is -2.05. The minimum Gasteiger partial charge on any atom is -0.504 e. The molecule has 5 heteroatoms. The standard InChI is InChI=1S/C14H15NO4/c1-10(17)15-6-4-3-5-11-7-12(9-16)14(18)13(8-11)19-2/h7-9,18H,4,6H2,1-2H3,(H,15,17). The third-order valence-electron chi connectivity index (χ3n) is 2.31. The Bertz CT molecular complexity index is 540. The van der Waals surface area contributed by atoms with Gasteiger partial charge in [0.2, 0.25) is 5.91 Å². The van der Waals surface area contributed by atoms with Crippen molar-refractivity contribution in [1.82, 2.24) is 5.32 Å². The van der Waals surface area contributed by atoms with Gasteiger partial charge in [-0.3, -0.25) is 9.59 Å². The lowest BCUT2D eigenvalue weighted by molar-refractivity contribution is -0.118. The quantitative estimate of drug-likeness (QED) is 0.483. The van der Waals surface area contributed by atoms with Crippen molar-refractivity contribution in [2.24, 2.45) is 0 Å². The van der Waals surface area contributed by atoms with Crippen molar-refractivity contribution in [3.8, 4) is 23.3 Å². The summed E-state index contributed by atoms with van der Waals surface area (Å²) in [6.45, 7) is 1.91. The minimum absolute atomic E-state index is 0.101. The topological polar surface area (TPSA) is 75.6 Å². The summed E-state index contributed by atoms with van der Waals surface area (Å²) < 4.78 is 4.95. The number of aldehydes is 1. The van der Waals surface area contributed by atoms with E-state index in [4.69, 9.17) is 4.74 Å². The molecule has 100 valence electrons. The number of methoxy groups -OCH3 is 1. The van der Waals surface area contributed by atoms with Gasteiger partial charge in [-0.15, -0.1) is 0 Å². The molecule has 0 bridgehead atoms. The monoisotopic (exact) mass is 261 g/mol. The second-order valence-corrected chi connectivity index (χ2v) is 3.77. The summed E-state index contributed by atoms with van der Waals surface area (Å²) >= 11 is 0. The van der Waals surface area contributed by atoms with E-state index in [1.54, 1.807) is 6.07 Å². The van der Waals surface area contributed by atoms with E-state index >= 15 is 0 Å². The highest BCUT2D eigenvalue weighted by Crippen LogP contribution is 2.29. The number of carbonyl (C=O) groups excluding carboxylic acids is 2. The number of hydrogen-bond donors (Lipinski definition) is 2. The van der Waals surface area contributed by atoms with Crippen molar-refractivity contribution in [3.63, 3.8) is 0 Å². The summed E-state index contributed by atoms with van der Waals surface area (Å²) in [5.74, 6) is 5.62. The molecule has 0 fully saturated rings. The van der Waals surface area contributed by atoms with Gasteiger partial charge in [-0.2, -0.15) is 0 Å². The van der Waals surface area contributed by atoms with Crippen LogP contribution in [0.3, 0.4) is 0 Å².